The fourth-order valence-corrected chi connectivity index (χ4v) is 5.47. The van der Waals surface area contributed by atoms with Gasteiger partial charge in [-0.05, 0) is 32.6 Å². The van der Waals surface area contributed by atoms with E-state index in [0.29, 0.717) is 26.1 Å². The van der Waals surface area contributed by atoms with Crippen LogP contribution in [0.4, 0.5) is 0 Å². The summed E-state index contributed by atoms with van der Waals surface area (Å²) in [7, 11) is -3.26. The van der Waals surface area contributed by atoms with Gasteiger partial charge in [0, 0.05) is 18.6 Å². The molecule has 0 atom stereocenters. The maximum atomic E-state index is 12.7. The third kappa shape index (κ3) is 3.02. The summed E-state index contributed by atoms with van der Waals surface area (Å²) >= 11 is 0. The van der Waals surface area contributed by atoms with Crippen molar-refractivity contribution in [1.29, 1.82) is 0 Å². The minimum absolute atomic E-state index is 0.0278. The molecule has 110 valence electrons. The Kier molecular flexibility index (Phi) is 4.35. The van der Waals surface area contributed by atoms with Crippen molar-refractivity contribution in [2.45, 2.75) is 56.6 Å². The minimum Gasteiger partial charge on any atom is -0.381 e. The lowest BCUT2D eigenvalue weighted by Gasteiger charge is -2.38. The Morgan fingerprint density at radius 3 is 2.16 bits per heavy atom. The molecule has 1 aliphatic carbocycles. The summed E-state index contributed by atoms with van der Waals surface area (Å²) in [6, 6.07) is 0. The van der Waals surface area contributed by atoms with Gasteiger partial charge in [-0.15, -0.1) is 0 Å². The Bertz CT molecular complexity index is 415. The maximum absolute atomic E-state index is 12.7. The zero-order valence-electron chi connectivity index (χ0n) is 11.7. The highest BCUT2D eigenvalue weighted by Gasteiger charge is 2.46. The largest absolute Gasteiger partial charge is 0.381 e. The van der Waals surface area contributed by atoms with E-state index in [1.54, 1.807) is 0 Å². The number of carbonyl (C=O) groups is 1. The average molecular weight is 288 g/mol. The van der Waals surface area contributed by atoms with Crippen molar-refractivity contribution in [3.05, 3.63) is 0 Å². The Labute approximate surface area is 115 Å². The first-order valence-corrected chi connectivity index (χ1v) is 8.85. The molecule has 0 bridgehead atoms. The molecule has 1 saturated carbocycles. The molecule has 0 aromatic rings. The molecule has 0 N–H and O–H groups in total. The molecule has 2 rings (SSSR count). The van der Waals surface area contributed by atoms with Gasteiger partial charge in [0.2, 0.25) is 0 Å². The van der Waals surface area contributed by atoms with Gasteiger partial charge in [0.25, 0.3) is 0 Å². The Morgan fingerprint density at radius 1 is 1.05 bits per heavy atom. The van der Waals surface area contributed by atoms with E-state index < -0.39 is 20.0 Å². The molecule has 0 spiro atoms. The van der Waals surface area contributed by atoms with Gasteiger partial charge < -0.3 is 9.53 Å². The van der Waals surface area contributed by atoms with Crippen molar-refractivity contribution in [3.8, 4) is 0 Å². The summed E-state index contributed by atoms with van der Waals surface area (Å²) in [6.45, 7) is 2.82. The van der Waals surface area contributed by atoms with Crippen LogP contribution >= 0.6 is 0 Å². The normalized spacial score (nSPS) is 26.8. The minimum atomic E-state index is -3.26. The Hall–Kier alpha value is -0.420. The summed E-state index contributed by atoms with van der Waals surface area (Å²) in [5.41, 5.74) is -0.627. The lowest BCUT2D eigenvalue weighted by molar-refractivity contribution is -0.116. The van der Waals surface area contributed by atoms with Crippen molar-refractivity contribution in [2.24, 2.45) is 5.41 Å². The number of rotatable bonds is 4. The van der Waals surface area contributed by atoms with Crippen LogP contribution < -0.4 is 0 Å². The van der Waals surface area contributed by atoms with E-state index in [2.05, 4.69) is 0 Å². The van der Waals surface area contributed by atoms with Crippen LogP contribution in [0.15, 0.2) is 0 Å². The summed E-state index contributed by atoms with van der Waals surface area (Å²) in [5, 5.41) is 0. The van der Waals surface area contributed by atoms with Crippen LogP contribution in [0.1, 0.15) is 51.9 Å². The molecule has 4 nitrogen and oxygen atoms in total. The molecule has 1 heterocycles. The van der Waals surface area contributed by atoms with E-state index in [1.807, 2.05) is 6.92 Å². The van der Waals surface area contributed by atoms with Gasteiger partial charge in [0.05, 0.1) is 10.5 Å². The van der Waals surface area contributed by atoms with E-state index in [1.165, 1.54) is 0 Å². The first-order valence-electron chi connectivity index (χ1n) is 7.20. The summed E-state index contributed by atoms with van der Waals surface area (Å²) in [4.78, 5) is 11.5. The van der Waals surface area contributed by atoms with Crippen molar-refractivity contribution in [3.63, 3.8) is 0 Å². The van der Waals surface area contributed by atoms with E-state index in [0.717, 1.165) is 38.4 Å². The molecule has 0 aromatic carbocycles. The van der Waals surface area contributed by atoms with Gasteiger partial charge in [-0.1, -0.05) is 19.3 Å². The van der Waals surface area contributed by atoms with Crippen LogP contribution in [0.5, 0.6) is 0 Å². The third-order valence-electron chi connectivity index (χ3n) is 4.88. The Morgan fingerprint density at radius 2 is 1.63 bits per heavy atom. The molecule has 0 amide bonds. The molecule has 1 aliphatic heterocycles. The molecule has 2 fully saturated rings. The molecule has 2 aliphatic rings. The monoisotopic (exact) mass is 288 g/mol. The second-order valence-electron chi connectivity index (χ2n) is 6.36. The zero-order valence-corrected chi connectivity index (χ0v) is 12.5. The summed E-state index contributed by atoms with van der Waals surface area (Å²) in [6.07, 6.45) is 6.49. The molecule has 0 aromatic heterocycles. The molecule has 19 heavy (non-hydrogen) atoms. The van der Waals surface area contributed by atoms with Crippen molar-refractivity contribution in [2.75, 3.05) is 19.0 Å². The van der Waals surface area contributed by atoms with Gasteiger partial charge in [0.1, 0.15) is 6.29 Å². The number of ether oxygens (including phenoxy) is 1. The third-order valence-corrected chi connectivity index (χ3v) is 7.74. The predicted molar refractivity (Wildman–Crippen MR) is 73.8 cm³/mol. The first kappa shape index (κ1) is 15.0. The first-order chi connectivity index (χ1) is 8.93. The van der Waals surface area contributed by atoms with Crippen LogP contribution in [0, 0.1) is 5.41 Å². The number of sulfone groups is 1. The van der Waals surface area contributed by atoms with Crippen LogP contribution in [0.3, 0.4) is 0 Å². The van der Waals surface area contributed by atoms with Crippen LogP contribution in [-0.4, -0.2) is 38.4 Å². The molecular weight excluding hydrogens is 264 g/mol. The summed E-state index contributed by atoms with van der Waals surface area (Å²) in [5.74, 6) is 0.0278. The zero-order chi connectivity index (χ0) is 14.0. The average Bonchev–Trinajstić information content (AvgIpc) is 2.40. The fourth-order valence-electron chi connectivity index (χ4n) is 3.22. The number of hydrogen-bond donors (Lipinski definition) is 0. The van der Waals surface area contributed by atoms with Gasteiger partial charge in [-0.3, -0.25) is 0 Å². The van der Waals surface area contributed by atoms with Crippen molar-refractivity contribution in [1.82, 2.24) is 0 Å². The molecule has 5 heteroatoms. The lowest BCUT2D eigenvalue weighted by atomic mass is 9.77. The molecule has 1 saturated heterocycles. The van der Waals surface area contributed by atoms with E-state index in [-0.39, 0.29) is 5.75 Å². The van der Waals surface area contributed by atoms with Gasteiger partial charge in [-0.25, -0.2) is 8.42 Å². The van der Waals surface area contributed by atoms with Crippen molar-refractivity contribution < 1.29 is 17.9 Å². The van der Waals surface area contributed by atoms with Crippen LogP contribution in [0.2, 0.25) is 0 Å². The smallest absolute Gasteiger partial charge is 0.156 e. The highest BCUT2D eigenvalue weighted by molar-refractivity contribution is 7.92. The van der Waals surface area contributed by atoms with Gasteiger partial charge >= 0.3 is 0 Å². The highest BCUT2D eigenvalue weighted by Crippen LogP contribution is 2.40. The second-order valence-corrected chi connectivity index (χ2v) is 8.87. The predicted octanol–water partition coefficient (Wildman–Crippen LogP) is 2.12. The van der Waals surface area contributed by atoms with Gasteiger partial charge in [0.15, 0.2) is 9.84 Å². The van der Waals surface area contributed by atoms with E-state index >= 15 is 0 Å². The quantitative estimate of drug-likeness (QED) is 0.743. The number of carbonyl (C=O) groups excluding carboxylic acids is 1. The number of hydrogen-bond acceptors (Lipinski definition) is 4. The second kappa shape index (κ2) is 5.52. The van der Waals surface area contributed by atoms with E-state index in [4.69, 9.17) is 4.74 Å². The molecular formula is C14H24O4S. The summed E-state index contributed by atoms with van der Waals surface area (Å²) < 4.78 is 30.0. The van der Waals surface area contributed by atoms with Crippen LogP contribution in [0.25, 0.3) is 0 Å². The SMILES string of the molecule is CC1(S(=O)(=O)CC2(C=O)CCCCC2)CCOCC1. The maximum Gasteiger partial charge on any atom is 0.156 e. The fraction of sp³-hybridized carbons (Fsp3) is 0.929. The van der Waals surface area contributed by atoms with Gasteiger partial charge in [-0.2, -0.15) is 0 Å². The Balaban J connectivity index is 2.17. The molecule has 0 unspecified atom stereocenters. The standard InChI is InChI=1S/C14H24O4S/c1-13(7-9-18-10-8-13)19(16,17)12-14(11-15)5-3-2-4-6-14/h11H,2-10,12H2,1H3. The lowest BCUT2D eigenvalue weighted by Crippen LogP contribution is -2.47. The van der Waals surface area contributed by atoms with Crippen LogP contribution in [-0.2, 0) is 19.4 Å². The molecule has 0 radical (unpaired) electrons. The topological polar surface area (TPSA) is 60.4 Å². The van der Waals surface area contributed by atoms with E-state index in [9.17, 15) is 13.2 Å². The van der Waals surface area contributed by atoms with Crippen molar-refractivity contribution >= 4 is 16.1 Å². The highest BCUT2D eigenvalue weighted by atomic mass is 32.2. The number of aldehydes is 1.